The SMILES string of the molecule is CNC(=O)CNC(=O)COC(=O)/C=C/c1cccc(OC)c1OC(F)F. The maximum Gasteiger partial charge on any atom is 0.387 e. The minimum absolute atomic E-state index is 0.0643. The van der Waals surface area contributed by atoms with Gasteiger partial charge in [0.2, 0.25) is 5.91 Å². The second-order valence-electron chi connectivity index (χ2n) is 4.65. The van der Waals surface area contributed by atoms with Crippen LogP contribution in [0.2, 0.25) is 0 Å². The molecule has 1 rings (SSSR count). The number of alkyl halides is 2. The molecule has 142 valence electrons. The van der Waals surface area contributed by atoms with Gasteiger partial charge in [-0.2, -0.15) is 8.78 Å². The summed E-state index contributed by atoms with van der Waals surface area (Å²) in [6, 6.07) is 4.37. The quantitative estimate of drug-likeness (QED) is 0.489. The molecule has 0 aliphatic rings. The fourth-order valence-electron chi connectivity index (χ4n) is 1.70. The van der Waals surface area contributed by atoms with E-state index in [-0.39, 0.29) is 23.6 Å². The Labute approximate surface area is 148 Å². The van der Waals surface area contributed by atoms with Gasteiger partial charge in [-0.3, -0.25) is 9.59 Å². The van der Waals surface area contributed by atoms with E-state index in [0.29, 0.717) is 0 Å². The fourth-order valence-corrected chi connectivity index (χ4v) is 1.70. The number of carbonyl (C=O) groups is 3. The zero-order chi connectivity index (χ0) is 19.5. The predicted molar refractivity (Wildman–Crippen MR) is 86.7 cm³/mol. The molecule has 0 aliphatic carbocycles. The molecular formula is C16H18F2N2O6. The number of hydrogen-bond donors (Lipinski definition) is 2. The first kappa shape index (κ1) is 20.9. The second-order valence-corrected chi connectivity index (χ2v) is 4.65. The van der Waals surface area contributed by atoms with E-state index in [9.17, 15) is 23.2 Å². The van der Waals surface area contributed by atoms with Gasteiger partial charge in [0.25, 0.3) is 5.91 Å². The number of para-hydroxylation sites is 1. The lowest BCUT2D eigenvalue weighted by atomic mass is 10.1. The number of amides is 2. The minimum atomic E-state index is -3.07. The van der Waals surface area contributed by atoms with Gasteiger partial charge >= 0.3 is 12.6 Å². The molecule has 2 amide bonds. The van der Waals surface area contributed by atoms with Gasteiger partial charge < -0.3 is 24.8 Å². The van der Waals surface area contributed by atoms with Crippen LogP contribution in [-0.4, -0.2) is 51.7 Å². The zero-order valence-corrected chi connectivity index (χ0v) is 14.1. The zero-order valence-electron chi connectivity index (χ0n) is 14.1. The van der Waals surface area contributed by atoms with E-state index in [1.165, 1.54) is 38.4 Å². The highest BCUT2D eigenvalue weighted by Gasteiger charge is 2.14. The molecule has 10 heteroatoms. The van der Waals surface area contributed by atoms with Crippen molar-refractivity contribution < 1.29 is 37.4 Å². The number of rotatable bonds is 9. The van der Waals surface area contributed by atoms with Gasteiger partial charge in [0.1, 0.15) is 0 Å². The van der Waals surface area contributed by atoms with Gasteiger partial charge in [-0.1, -0.05) is 12.1 Å². The standard InChI is InChI=1S/C16H18F2N2O6/c1-19-12(21)8-20-13(22)9-25-14(23)7-6-10-4-3-5-11(24-2)15(10)26-16(17)18/h3-7,16H,8-9H2,1-2H3,(H,19,21)(H,20,22)/b7-6+. The average molecular weight is 372 g/mol. The smallest absolute Gasteiger partial charge is 0.387 e. The van der Waals surface area contributed by atoms with Crippen molar-refractivity contribution in [2.45, 2.75) is 6.61 Å². The van der Waals surface area contributed by atoms with E-state index in [0.717, 1.165) is 6.08 Å². The predicted octanol–water partition coefficient (Wildman–Crippen LogP) is 0.715. The number of likely N-dealkylation sites (N-methyl/N-ethyl adjacent to an activating group) is 1. The molecule has 0 fully saturated rings. The number of hydrogen-bond acceptors (Lipinski definition) is 6. The largest absolute Gasteiger partial charge is 0.493 e. The monoisotopic (exact) mass is 372 g/mol. The lowest BCUT2D eigenvalue weighted by Crippen LogP contribution is -2.37. The average Bonchev–Trinajstić information content (AvgIpc) is 2.62. The summed E-state index contributed by atoms with van der Waals surface area (Å²) in [6.45, 7) is -3.92. The van der Waals surface area contributed by atoms with Crippen molar-refractivity contribution in [1.29, 1.82) is 0 Å². The highest BCUT2D eigenvalue weighted by atomic mass is 19.3. The first-order chi connectivity index (χ1) is 12.4. The molecule has 0 heterocycles. The van der Waals surface area contributed by atoms with Crippen LogP contribution in [0.3, 0.4) is 0 Å². The third-order valence-electron chi connectivity index (χ3n) is 2.91. The molecule has 0 unspecified atom stereocenters. The van der Waals surface area contributed by atoms with Crippen molar-refractivity contribution in [3.05, 3.63) is 29.8 Å². The molecule has 0 spiro atoms. The van der Waals surface area contributed by atoms with E-state index in [1.807, 2.05) is 0 Å². The number of nitrogens with one attached hydrogen (secondary N) is 2. The van der Waals surface area contributed by atoms with Gasteiger partial charge in [-0.05, 0) is 12.1 Å². The summed E-state index contributed by atoms with van der Waals surface area (Å²) in [5, 5.41) is 4.54. The molecule has 2 N–H and O–H groups in total. The highest BCUT2D eigenvalue weighted by Crippen LogP contribution is 2.33. The Morgan fingerprint density at radius 3 is 2.58 bits per heavy atom. The number of ether oxygens (including phenoxy) is 3. The summed E-state index contributed by atoms with van der Waals surface area (Å²) in [4.78, 5) is 34.0. The number of benzene rings is 1. The van der Waals surface area contributed by atoms with E-state index >= 15 is 0 Å². The summed E-state index contributed by atoms with van der Waals surface area (Å²) in [7, 11) is 2.69. The van der Waals surface area contributed by atoms with Crippen LogP contribution in [0, 0.1) is 0 Å². The molecule has 0 saturated carbocycles. The third-order valence-corrected chi connectivity index (χ3v) is 2.91. The fraction of sp³-hybridized carbons (Fsp3) is 0.312. The topological polar surface area (TPSA) is 103 Å². The number of halogens is 2. The molecule has 0 atom stereocenters. The number of esters is 1. The molecule has 1 aromatic rings. The molecule has 1 aromatic carbocycles. The van der Waals surface area contributed by atoms with Crippen molar-refractivity contribution in [3.63, 3.8) is 0 Å². The summed E-state index contributed by atoms with van der Waals surface area (Å²) < 4.78 is 39.0. The molecule has 0 bridgehead atoms. The first-order valence-electron chi connectivity index (χ1n) is 7.31. The van der Waals surface area contributed by atoms with E-state index in [4.69, 9.17) is 4.74 Å². The Balaban J connectivity index is 2.65. The Morgan fingerprint density at radius 1 is 1.23 bits per heavy atom. The Morgan fingerprint density at radius 2 is 1.96 bits per heavy atom. The van der Waals surface area contributed by atoms with Gasteiger partial charge in [-0.15, -0.1) is 0 Å². The summed E-state index contributed by atoms with van der Waals surface area (Å²) in [5.41, 5.74) is 0.158. The van der Waals surface area contributed by atoms with Crippen LogP contribution in [0.4, 0.5) is 8.78 Å². The van der Waals surface area contributed by atoms with Crippen LogP contribution < -0.4 is 20.1 Å². The maximum absolute atomic E-state index is 12.5. The van der Waals surface area contributed by atoms with Crippen LogP contribution in [0.5, 0.6) is 11.5 Å². The number of methoxy groups -OCH3 is 1. The van der Waals surface area contributed by atoms with Gasteiger partial charge in [0.05, 0.1) is 13.7 Å². The summed E-state index contributed by atoms with van der Waals surface area (Å²) in [6.07, 6.45) is 2.13. The van der Waals surface area contributed by atoms with Crippen molar-refractivity contribution in [2.24, 2.45) is 0 Å². The van der Waals surface area contributed by atoms with Gasteiger partial charge in [0, 0.05) is 18.7 Å². The van der Waals surface area contributed by atoms with Crippen molar-refractivity contribution in [1.82, 2.24) is 10.6 Å². The van der Waals surface area contributed by atoms with Crippen LogP contribution >= 0.6 is 0 Å². The highest BCUT2D eigenvalue weighted by molar-refractivity contribution is 5.90. The first-order valence-corrected chi connectivity index (χ1v) is 7.31. The minimum Gasteiger partial charge on any atom is -0.493 e. The molecule has 0 saturated heterocycles. The van der Waals surface area contributed by atoms with Gasteiger partial charge in [0.15, 0.2) is 18.1 Å². The van der Waals surface area contributed by atoms with Crippen LogP contribution in [0.25, 0.3) is 6.08 Å². The van der Waals surface area contributed by atoms with Crippen LogP contribution in [0.15, 0.2) is 24.3 Å². The second kappa shape index (κ2) is 10.6. The van der Waals surface area contributed by atoms with Crippen molar-refractivity contribution in [2.75, 3.05) is 27.3 Å². The van der Waals surface area contributed by atoms with E-state index < -0.39 is 31.0 Å². The molecule has 0 radical (unpaired) electrons. The Hall–Kier alpha value is -3.17. The molecular weight excluding hydrogens is 354 g/mol. The number of carbonyl (C=O) groups excluding carboxylic acids is 3. The summed E-state index contributed by atoms with van der Waals surface area (Å²) >= 11 is 0. The normalized spacial score (nSPS) is 10.5. The summed E-state index contributed by atoms with van der Waals surface area (Å²) in [5.74, 6) is -2.13. The van der Waals surface area contributed by atoms with Crippen LogP contribution in [0.1, 0.15) is 5.56 Å². The molecule has 0 aliphatic heterocycles. The molecule has 26 heavy (non-hydrogen) atoms. The molecule has 8 nitrogen and oxygen atoms in total. The maximum atomic E-state index is 12.5. The molecule has 0 aromatic heterocycles. The van der Waals surface area contributed by atoms with E-state index in [1.54, 1.807) is 0 Å². The van der Waals surface area contributed by atoms with Gasteiger partial charge in [-0.25, -0.2) is 4.79 Å². The van der Waals surface area contributed by atoms with Crippen molar-refractivity contribution in [3.8, 4) is 11.5 Å². The third kappa shape index (κ3) is 7.16. The lowest BCUT2D eigenvalue weighted by molar-refractivity contribution is -0.143. The Bertz CT molecular complexity index is 679. The van der Waals surface area contributed by atoms with Crippen LogP contribution in [-0.2, 0) is 19.1 Å². The van der Waals surface area contributed by atoms with E-state index in [2.05, 4.69) is 20.1 Å². The Kier molecular flexibility index (Phi) is 8.55. The lowest BCUT2D eigenvalue weighted by Gasteiger charge is -2.12. The van der Waals surface area contributed by atoms with Crippen molar-refractivity contribution >= 4 is 23.9 Å².